The minimum absolute atomic E-state index is 0. The number of nitrogens with one attached hydrogen (secondary N) is 2. The number of ether oxygens (including phenoxy) is 2. The monoisotopic (exact) mass is 517 g/mol. The molecule has 1 aromatic rings. The van der Waals surface area contributed by atoms with Crippen LogP contribution in [0.4, 0.5) is 0 Å². The van der Waals surface area contributed by atoms with Crippen LogP contribution < -0.4 is 20.1 Å². The Kier molecular flexibility index (Phi) is 9.28. The van der Waals surface area contributed by atoms with E-state index in [2.05, 4.69) is 20.5 Å². The molecule has 0 aromatic heterocycles. The molecule has 162 valence electrons. The molecule has 0 aliphatic carbocycles. The van der Waals surface area contributed by atoms with Crippen molar-refractivity contribution in [2.45, 2.75) is 31.8 Å². The second-order valence-electron chi connectivity index (χ2n) is 7.32. The van der Waals surface area contributed by atoms with Crippen molar-refractivity contribution in [1.29, 1.82) is 0 Å². The number of carbonyl (C=O) groups excluding carboxylic acids is 1. The molecule has 0 bridgehead atoms. The van der Waals surface area contributed by atoms with E-state index in [1.807, 2.05) is 32.3 Å². The molecule has 1 unspecified atom stereocenters. The van der Waals surface area contributed by atoms with Crippen molar-refractivity contribution >= 4 is 35.8 Å². The van der Waals surface area contributed by atoms with Gasteiger partial charge in [-0.2, -0.15) is 0 Å². The van der Waals surface area contributed by atoms with Crippen LogP contribution in [-0.4, -0.2) is 75.3 Å². The summed E-state index contributed by atoms with van der Waals surface area (Å²) >= 11 is 0. The van der Waals surface area contributed by atoms with Crippen molar-refractivity contribution in [2.75, 3.05) is 47.6 Å². The SMILES string of the molecule is CN=C(NCCCN1CCCC1C(=O)N(C)C)NCc1ccc2c(c1)OCO2.I. The van der Waals surface area contributed by atoms with E-state index in [1.165, 1.54) is 0 Å². The van der Waals surface area contributed by atoms with E-state index in [4.69, 9.17) is 9.47 Å². The largest absolute Gasteiger partial charge is 0.454 e. The highest BCUT2D eigenvalue weighted by Crippen LogP contribution is 2.32. The minimum atomic E-state index is 0. The average molecular weight is 517 g/mol. The number of hydrogen-bond donors (Lipinski definition) is 2. The Labute approximate surface area is 190 Å². The molecule has 9 heteroatoms. The third-order valence-electron chi connectivity index (χ3n) is 5.12. The molecule has 8 nitrogen and oxygen atoms in total. The van der Waals surface area contributed by atoms with Crippen molar-refractivity contribution in [2.24, 2.45) is 4.99 Å². The Bertz CT molecular complexity index is 713. The second-order valence-corrected chi connectivity index (χ2v) is 7.32. The van der Waals surface area contributed by atoms with E-state index in [9.17, 15) is 4.79 Å². The number of amides is 1. The van der Waals surface area contributed by atoms with Crippen LogP contribution in [0.3, 0.4) is 0 Å². The maximum Gasteiger partial charge on any atom is 0.239 e. The third kappa shape index (κ3) is 6.36. The molecule has 2 aliphatic heterocycles. The first-order valence-corrected chi connectivity index (χ1v) is 9.86. The number of fused-ring (bicyclic) bond motifs is 1. The Morgan fingerprint density at radius 2 is 2.07 bits per heavy atom. The van der Waals surface area contributed by atoms with Gasteiger partial charge < -0.3 is 25.0 Å². The van der Waals surface area contributed by atoms with Crippen molar-refractivity contribution in [3.63, 3.8) is 0 Å². The molecule has 2 N–H and O–H groups in total. The summed E-state index contributed by atoms with van der Waals surface area (Å²) in [6.07, 6.45) is 3.02. The summed E-state index contributed by atoms with van der Waals surface area (Å²) in [5.41, 5.74) is 1.11. The fourth-order valence-electron chi connectivity index (χ4n) is 3.62. The summed E-state index contributed by atoms with van der Waals surface area (Å²) in [6, 6.07) is 5.97. The molecule has 0 spiro atoms. The lowest BCUT2D eigenvalue weighted by Gasteiger charge is -2.26. The summed E-state index contributed by atoms with van der Waals surface area (Å²) in [6.45, 7) is 3.66. The second kappa shape index (κ2) is 11.4. The molecule has 1 atom stereocenters. The van der Waals surface area contributed by atoms with Crippen LogP contribution in [0, 0.1) is 0 Å². The first kappa shape index (κ1) is 23.5. The van der Waals surface area contributed by atoms with Gasteiger partial charge in [0.05, 0.1) is 6.04 Å². The van der Waals surface area contributed by atoms with Gasteiger partial charge in [0.25, 0.3) is 0 Å². The zero-order valence-corrected chi connectivity index (χ0v) is 19.8. The normalized spacial score (nSPS) is 18.3. The number of halogens is 1. The smallest absolute Gasteiger partial charge is 0.239 e. The number of rotatable bonds is 7. The average Bonchev–Trinajstić information content (AvgIpc) is 3.35. The zero-order chi connectivity index (χ0) is 19.9. The van der Waals surface area contributed by atoms with Gasteiger partial charge in [-0.3, -0.25) is 14.7 Å². The Balaban J connectivity index is 0.00000300. The number of likely N-dealkylation sites (tertiary alicyclic amines) is 1. The Hall–Kier alpha value is -1.75. The van der Waals surface area contributed by atoms with Crippen LogP contribution in [0.25, 0.3) is 0 Å². The lowest BCUT2D eigenvalue weighted by Crippen LogP contribution is -2.44. The quantitative estimate of drug-likeness (QED) is 0.248. The minimum Gasteiger partial charge on any atom is -0.454 e. The predicted octanol–water partition coefficient (Wildman–Crippen LogP) is 1.64. The first-order chi connectivity index (χ1) is 13.6. The molecule has 29 heavy (non-hydrogen) atoms. The maximum atomic E-state index is 12.3. The summed E-state index contributed by atoms with van der Waals surface area (Å²) in [4.78, 5) is 20.5. The molecule has 2 aliphatic rings. The number of nitrogens with zero attached hydrogens (tertiary/aromatic N) is 3. The number of aliphatic imine (C=N–C) groups is 1. The van der Waals surface area contributed by atoms with Crippen LogP contribution in [0.2, 0.25) is 0 Å². The number of guanidine groups is 1. The van der Waals surface area contributed by atoms with Gasteiger partial charge >= 0.3 is 0 Å². The Morgan fingerprint density at radius 3 is 2.83 bits per heavy atom. The number of benzene rings is 1. The van der Waals surface area contributed by atoms with Gasteiger partial charge in [-0.15, -0.1) is 24.0 Å². The van der Waals surface area contributed by atoms with E-state index in [0.717, 1.165) is 61.9 Å². The summed E-state index contributed by atoms with van der Waals surface area (Å²) in [7, 11) is 5.42. The van der Waals surface area contributed by atoms with Crippen LogP contribution in [0.15, 0.2) is 23.2 Å². The molecule has 1 aromatic carbocycles. The van der Waals surface area contributed by atoms with Crippen LogP contribution in [0.1, 0.15) is 24.8 Å². The molecular formula is C20H32IN5O3. The molecule has 1 amide bonds. The van der Waals surface area contributed by atoms with E-state index >= 15 is 0 Å². The summed E-state index contributed by atoms with van der Waals surface area (Å²) in [5, 5.41) is 6.66. The standard InChI is InChI=1S/C20H31N5O3.HI/c1-21-20(23-13-15-7-8-17-18(12-15)28-14-27-17)22-9-5-11-25-10-4-6-16(25)19(26)24(2)3;/h7-8,12,16H,4-6,9-11,13-14H2,1-3H3,(H2,21,22,23);1H. The molecule has 0 saturated carbocycles. The van der Waals surface area contributed by atoms with E-state index in [1.54, 1.807) is 11.9 Å². The van der Waals surface area contributed by atoms with Gasteiger partial charge in [-0.05, 0) is 43.5 Å². The highest BCUT2D eigenvalue weighted by molar-refractivity contribution is 14.0. The molecule has 3 rings (SSSR count). The fourth-order valence-corrected chi connectivity index (χ4v) is 3.62. The van der Waals surface area contributed by atoms with Crippen molar-refractivity contribution in [1.82, 2.24) is 20.4 Å². The lowest BCUT2D eigenvalue weighted by molar-refractivity contribution is -0.133. The summed E-state index contributed by atoms with van der Waals surface area (Å²) in [5.74, 6) is 2.56. The molecule has 1 fully saturated rings. The van der Waals surface area contributed by atoms with Gasteiger partial charge in [0.15, 0.2) is 17.5 Å². The number of carbonyl (C=O) groups is 1. The third-order valence-corrected chi connectivity index (χ3v) is 5.12. The molecule has 0 radical (unpaired) electrons. The maximum absolute atomic E-state index is 12.3. The van der Waals surface area contributed by atoms with Gasteiger partial charge in [-0.1, -0.05) is 6.07 Å². The van der Waals surface area contributed by atoms with Crippen LogP contribution >= 0.6 is 24.0 Å². The van der Waals surface area contributed by atoms with Crippen molar-refractivity contribution in [3.05, 3.63) is 23.8 Å². The van der Waals surface area contributed by atoms with Gasteiger partial charge in [0, 0.05) is 40.8 Å². The highest BCUT2D eigenvalue weighted by Gasteiger charge is 2.30. The number of likely N-dealkylation sites (N-methyl/N-ethyl adjacent to an activating group) is 1. The van der Waals surface area contributed by atoms with Gasteiger partial charge in [-0.25, -0.2) is 0 Å². The summed E-state index contributed by atoms with van der Waals surface area (Å²) < 4.78 is 10.7. The van der Waals surface area contributed by atoms with Gasteiger partial charge in [0.2, 0.25) is 12.7 Å². The topological polar surface area (TPSA) is 78.4 Å². The van der Waals surface area contributed by atoms with Crippen LogP contribution in [0.5, 0.6) is 11.5 Å². The first-order valence-electron chi connectivity index (χ1n) is 9.86. The van der Waals surface area contributed by atoms with Crippen molar-refractivity contribution in [3.8, 4) is 11.5 Å². The molecule has 2 heterocycles. The predicted molar refractivity (Wildman–Crippen MR) is 124 cm³/mol. The van der Waals surface area contributed by atoms with Crippen LogP contribution in [-0.2, 0) is 11.3 Å². The Morgan fingerprint density at radius 1 is 1.28 bits per heavy atom. The molecular weight excluding hydrogens is 485 g/mol. The zero-order valence-electron chi connectivity index (χ0n) is 17.4. The van der Waals surface area contributed by atoms with E-state index in [0.29, 0.717) is 6.54 Å². The fraction of sp³-hybridized carbons (Fsp3) is 0.600. The highest BCUT2D eigenvalue weighted by atomic mass is 127. The molecule has 1 saturated heterocycles. The number of hydrogen-bond acceptors (Lipinski definition) is 5. The van der Waals surface area contributed by atoms with E-state index in [-0.39, 0.29) is 42.7 Å². The van der Waals surface area contributed by atoms with Crippen molar-refractivity contribution < 1.29 is 14.3 Å². The van der Waals surface area contributed by atoms with Gasteiger partial charge in [0.1, 0.15) is 0 Å². The van der Waals surface area contributed by atoms with E-state index < -0.39 is 0 Å². The lowest BCUT2D eigenvalue weighted by atomic mass is 10.2.